The Labute approximate surface area is 119 Å². The Morgan fingerprint density at radius 2 is 1.89 bits per heavy atom. The van der Waals surface area contributed by atoms with E-state index in [9.17, 15) is 0 Å². The van der Waals surface area contributed by atoms with E-state index in [1.54, 1.807) is 0 Å². The van der Waals surface area contributed by atoms with Crippen LogP contribution in [0.15, 0.2) is 28.7 Å². The van der Waals surface area contributed by atoms with E-state index in [4.69, 9.17) is 5.73 Å². The summed E-state index contributed by atoms with van der Waals surface area (Å²) in [6, 6.07) is 9.31. The van der Waals surface area contributed by atoms with Gasteiger partial charge in [0.25, 0.3) is 0 Å². The fourth-order valence-corrected chi connectivity index (χ4v) is 3.01. The fourth-order valence-electron chi connectivity index (χ4n) is 2.75. The number of halogens is 1. The summed E-state index contributed by atoms with van der Waals surface area (Å²) < 4.78 is 1.11. The molecule has 0 radical (unpaired) electrons. The van der Waals surface area contributed by atoms with E-state index >= 15 is 0 Å². The van der Waals surface area contributed by atoms with Gasteiger partial charge in [-0.15, -0.1) is 0 Å². The molecule has 2 rings (SSSR count). The third-order valence-corrected chi connectivity index (χ3v) is 4.57. The molecule has 1 unspecified atom stereocenters. The van der Waals surface area contributed by atoms with Crippen molar-refractivity contribution in [1.29, 1.82) is 0 Å². The number of nitrogens with two attached hydrogens (primary N) is 1. The molecule has 0 heterocycles. The molecule has 3 heteroatoms. The van der Waals surface area contributed by atoms with Crippen LogP contribution in [0.5, 0.6) is 0 Å². The molecular formula is C15H23BrN2. The van der Waals surface area contributed by atoms with Crippen LogP contribution in [0.1, 0.15) is 43.7 Å². The van der Waals surface area contributed by atoms with E-state index in [2.05, 4.69) is 52.1 Å². The quantitative estimate of drug-likeness (QED) is 0.898. The summed E-state index contributed by atoms with van der Waals surface area (Å²) in [6.07, 6.45) is 6.56. The maximum absolute atomic E-state index is 6.25. The van der Waals surface area contributed by atoms with Crippen LogP contribution < -0.4 is 5.73 Å². The number of benzene rings is 1. The Morgan fingerprint density at radius 3 is 2.50 bits per heavy atom. The van der Waals surface area contributed by atoms with Gasteiger partial charge in [0, 0.05) is 16.6 Å². The first kappa shape index (κ1) is 14.0. The number of rotatable bonds is 5. The standard InChI is InChI=1S/C15H23BrN2/c1-18(14-4-2-3-5-14)11-10-15(17)12-6-8-13(16)9-7-12/h6-9,14-15H,2-5,10-11,17H2,1H3. The molecule has 2 nitrogen and oxygen atoms in total. The van der Waals surface area contributed by atoms with Gasteiger partial charge in [0.2, 0.25) is 0 Å². The Hall–Kier alpha value is -0.380. The Balaban J connectivity index is 1.80. The van der Waals surface area contributed by atoms with Crippen molar-refractivity contribution in [3.8, 4) is 0 Å². The largest absolute Gasteiger partial charge is 0.324 e. The molecule has 0 saturated heterocycles. The molecule has 1 aromatic rings. The fraction of sp³-hybridized carbons (Fsp3) is 0.600. The number of hydrogen-bond donors (Lipinski definition) is 1. The van der Waals surface area contributed by atoms with Crippen molar-refractivity contribution in [2.24, 2.45) is 5.73 Å². The van der Waals surface area contributed by atoms with Crippen molar-refractivity contribution in [2.75, 3.05) is 13.6 Å². The minimum absolute atomic E-state index is 0.155. The third-order valence-electron chi connectivity index (χ3n) is 4.04. The first-order valence-electron chi connectivity index (χ1n) is 6.88. The molecule has 2 N–H and O–H groups in total. The van der Waals surface area contributed by atoms with Crippen molar-refractivity contribution in [1.82, 2.24) is 4.90 Å². The summed E-state index contributed by atoms with van der Waals surface area (Å²) in [6.45, 7) is 1.10. The van der Waals surface area contributed by atoms with Crippen molar-refractivity contribution in [3.63, 3.8) is 0 Å². The van der Waals surface area contributed by atoms with Crippen LogP contribution in [0.25, 0.3) is 0 Å². The van der Waals surface area contributed by atoms with Gasteiger partial charge in [-0.05, 0) is 50.6 Å². The molecule has 1 atom stereocenters. The van der Waals surface area contributed by atoms with Crippen molar-refractivity contribution < 1.29 is 0 Å². The minimum atomic E-state index is 0.155. The molecule has 18 heavy (non-hydrogen) atoms. The SMILES string of the molecule is CN(CCC(N)c1ccc(Br)cc1)C1CCCC1. The molecule has 1 saturated carbocycles. The molecule has 1 fully saturated rings. The average molecular weight is 311 g/mol. The maximum Gasteiger partial charge on any atom is 0.0307 e. The van der Waals surface area contributed by atoms with Crippen LogP contribution in [0.4, 0.5) is 0 Å². The van der Waals surface area contributed by atoms with Gasteiger partial charge in [0.15, 0.2) is 0 Å². The lowest BCUT2D eigenvalue weighted by molar-refractivity contribution is 0.237. The molecule has 0 aliphatic heterocycles. The second kappa shape index (κ2) is 6.69. The summed E-state index contributed by atoms with van der Waals surface area (Å²) in [5.74, 6) is 0. The molecule has 1 aliphatic carbocycles. The zero-order chi connectivity index (χ0) is 13.0. The second-order valence-corrected chi connectivity index (χ2v) is 6.28. The van der Waals surface area contributed by atoms with E-state index in [-0.39, 0.29) is 6.04 Å². The summed E-state index contributed by atoms with van der Waals surface area (Å²) in [5.41, 5.74) is 7.48. The van der Waals surface area contributed by atoms with Gasteiger partial charge in [-0.25, -0.2) is 0 Å². The lowest BCUT2D eigenvalue weighted by atomic mass is 10.0. The molecule has 1 aliphatic rings. The second-order valence-electron chi connectivity index (χ2n) is 5.37. The summed E-state index contributed by atoms with van der Waals surface area (Å²) in [4.78, 5) is 2.49. The van der Waals surface area contributed by atoms with E-state index in [0.29, 0.717) is 0 Å². The monoisotopic (exact) mass is 310 g/mol. The van der Waals surface area contributed by atoms with Gasteiger partial charge in [-0.1, -0.05) is 40.9 Å². The maximum atomic E-state index is 6.25. The van der Waals surface area contributed by atoms with Crippen LogP contribution >= 0.6 is 15.9 Å². The highest BCUT2D eigenvalue weighted by molar-refractivity contribution is 9.10. The van der Waals surface area contributed by atoms with Gasteiger partial charge in [-0.3, -0.25) is 0 Å². The first-order valence-corrected chi connectivity index (χ1v) is 7.67. The molecule has 0 bridgehead atoms. The van der Waals surface area contributed by atoms with E-state index < -0.39 is 0 Å². The predicted octanol–water partition coefficient (Wildman–Crippen LogP) is 3.71. The molecule has 1 aromatic carbocycles. The van der Waals surface area contributed by atoms with Crippen LogP contribution in [-0.2, 0) is 0 Å². The number of hydrogen-bond acceptors (Lipinski definition) is 2. The molecule has 100 valence electrons. The third kappa shape index (κ3) is 3.81. The van der Waals surface area contributed by atoms with Crippen LogP contribution in [0.3, 0.4) is 0 Å². The van der Waals surface area contributed by atoms with Gasteiger partial charge >= 0.3 is 0 Å². The molecular weight excluding hydrogens is 288 g/mol. The van der Waals surface area contributed by atoms with Gasteiger partial charge in [0.1, 0.15) is 0 Å². The molecule has 0 spiro atoms. The zero-order valence-electron chi connectivity index (χ0n) is 11.1. The lowest BCUT2D eigenvalue weighted by Crippen LogP contribution is -2.31. The first-order chi connectivity index (χ1) is 8.66. The van der Waals surface area contributed by atoms with E-state index in [1.165, 1.54) is 31.2 Å². The van der Waals surface area contributed by atoms with Crippen LogP contribution in [-0.4, -0.2) is 24.5 Å². The van der Waals surface area contributed by atoms with Gasteiger partial charge in [-0.2, -0.15) is 0 Å². The highest BCUT2D eigenvalue weighted by atomic mass is 79.9. The highest BCUT2D eigenvalue weighted by Gasteiger charge is 2.19. The van der Waals surface area contributed by atoms with Crippen molar-refractivity contribution in [2.45, 2.75) is 44.2 Å². The zero-order valence-corrected chi connectivity index (χ0v) is 12.7. The summed E-state index contributed by atoms with van der Waals surface area (Å²) in [5, 5.41) is 0. The molecule has 0 aromatic heterocycles. The van der Waals surface area contributed by atoms with Crippen LogP contribution in [0.2, 0.25) is 0 Å². The van der Waals surface area contributed by atoms with Gasteiger partial charge < -0.3 is 10.6 Å². The Morgan fingerprint density at radius 1 is 1.28 bits per heavy atom. The minimum Gasteiger partial charge on any atom is -0.324 e. The number of nitrogens with zero attached hydrogens (tertiary/aromatic N) is 1. The van der Waals surface area contributed by atoms with Crippen LogP contribution in [0, 0.1) is 0 Å². The predicted molar refractivity (Wildman–Crippen MR) is 80.6 cm³/mol. The van der Waals surface area contributed by atoms with E-state index in [1.807, 2.05) is 0 Å². The highest BCUT2D eigenvalue weighted by Crippen LogP contribution is 2.24. The topological polar surface area (TPSA) is 29.3 Å². The lowest BCUT2D eigenvalue weighted by Gasteiger charge is -2.25. The Kier molecular flexibility index (Phi) is 5.22. The normalized spacial score (nSPS) is 18.4. The Bertz CT molecular complexity index is 357. The average Bonchev–Trinajstić information content (AvgIpc) is 2.90. The molecule has 0 amide bonds. The van der Waals surface area contributed by atoms with Crippen molar-refractivity contribution >= 4 is 15.9 Å². The van der Waals surface area contributed by atoms with Crippen molar-refractivity contribution in [3.05, 3.63) is 34.3 Å². The van der Waals surface area contributed by atoms with E-state index in [0.717, 1.165) is 23.5 Å². The summed E-state index contributed by atoms with van der Waals surface area (Å²) in [7, 11) is 2.24. The van der Waals surface area contributed by atoms with Gasteiger partial charge in [0.05, 0.1) is 0 Å². The smallest absolute Gasteiger partial charge is 0.0307 e. The summed E-state index contributed by atoms with van der Waals surface area (Å²) >= 11 is 3.45.